The molecule has 0 aliphatic carbocycles. The molecule has 39 heavy (non-hydrogen) atoms. The fourth-order valence-corrected chi connectivity index (χ4v) is 7.76. The molecule has 2 fully saturated rings. The van der Waals surface area contributed by atoms with Gasteiger partial charge in [-0.15, -0.1) is 0 Å². The Balaban J connectivity index is 1.60. The predicted octanol–water partition coefficient (Wildman–Crippen LogP) is 2.50. The molecule has 2 aromatic carbocycles. The van der Waals surface area contributed by atoms with Crippen molar-refractivity contribution < 1.29 is 36.6 Å². The molecule has 2 saturated heterocycles. The van der Waals surface area contributed by atoms with Gasteiger partial charge in [0.1, 0.15) is 23.8 Å². The number of hydrogen-bond acceptors (Lipinski definition) is 7. The van der Waals surface area contributed by atoms with E-state index in [1.165, 1.54) is 11.9 Å². The summed E-state index contributed by atoms with van der Waals surface area (Å²) in [5.74, 6) is -1.85. The van der Waals surface area contributed by atoms with Gasteiger partial charge in [-0.25, -0.2) is 17.2 Å². The van der Waals surface area contributed by atoms with E-state index in [9.17, 15) is 13.2 Å². The largest absolute Gasteiger partial charge is 0.395 e. The molecule has 2 N–H and O–H groups in total. The molecular formula is C28H36F2N2O6S. The van der Waals surface area contributed by atoms with Crippen LogP contribution in [-0.2, 0) is 36.1 Å². The molecule has 214 valence electrons. The highest BCUT2D eigenvalue weighted by molar-refractivity contribution is 7.92. The molecule has 0 spiro atoms. The van der Waals surface area contributed by atoms with Crippen molar-refractivity contribution >= 4 is 15.7 Å². The zero-order valence-electron chi connectivity index (χ0n) is 22.2. The molecule has 0 bridgehead atoms. The van der Waals surface area contributed by atoms with Crippen molar-refractivity contribution in [2.24, 2.45) is 0 Å². The number of benzene rings is 2. The lowest BCUT2D eigenvalue weighted by Gasteiger charge is -2.38. The van der Waals surface area contributed by atoms with E-state index >= 15 is 8.78 Å². The van der Waals surface area contributed by atoms with Gasteiger partial charge in [0.2, 0.25) is 5.91 Å². The Hall–Kier alpha value is -2.44. The summed E-state index contributed by atoms with van der Waals surface area (Å²) in [5.41, 5.74) is -0.680. The fourth-order valence-electron chi connectivity index (χ4n) is 5.39. The summed E-state index contributed by atoms with van der Waals surface area (Å²) < 4.78 is 69.8. The average molecular weight is 567 g/mol. The molecule has 4 rings (SSSR count). The molecule has 0 radical (unpaired) electrons. The van der Waals surface area contributed by atoms with Crippen molar-refractivity contribution in [3.05, 3.63) is 70.8 Å². The number of amides is 1. The minimum atomic E-state index is -3.72. The van der Waals surface area contributed by atoms with Gasteiger partial charge in [-0.2, -0.15) is 0 Å². The quantitative estimate of drug-likeness (QED) is 0.481. The van der Waals surface area contributed by atoms with Crippen LogP contribution in [0.25, 0.3) is 0 Å². The molecule has 0 aromatic heterocycles. The minimum absolute atomic E-state index is 0.0236. The second kappa shape index (κ2) is 12.4. The summed E-state index contributed by atoms with van der Waals surface area (Å²) in [4.78, 5) is 13.7. The number of ether oxygens (including phenoxy) is 2. The van der Waals surface area contributed by atoms with Gasteiger partial charge in [-0.3, -0.25) is 4.79 Å². The predicted molar refractivity (Wildman–Crippen MR) is 142 cm³/mol. The van der Waals surface area contributed by atoms with Gasteiger partial charge in [0.15, 0.2) is 9.84 Å². The third-order valence-electron chi connectivity index (χ3n) is 7.85. The molecule has 0 saturated carbocycles. The zero-order chi connectivity index (χ0) is 28.2. The maximum Gasteiger partial charge on any atom is 0.248 e. The van der Waals surface area contributed by atoms with Crippen molar-refractivity contribution in [1.29, 1.82) is 0 Å². The molecule has 2 aromatic rings. The molecule has 1 unspecified atom stereocenters. The summed E-state index contributed by atoms with van der Waals surface area (Å²) in [5, 5.41) is 10.6. The van der Waals surface area contributed by atoms with Gasteiger partial charge in [0.25, 0.3) is 0 Å². The van der Waals surface area contributed by atoms with E-state index in [2.05, 4.69) is 5.32 Å². The molecular weight excluding hydrogens is 530 g/mol. The number of aliphatic hydroxyl groups excluding tert-OH is 1. The second-order valence-corrected chi connectivity index (χ2v) is 12.6. The van der Waals surface area contributed by atoms with Crippen LogP contribution in [-0.4, -0.2) is 82.2 Å². The van der Waals surface area contributed by atoms with Crippen LogP contribution in [0.5, 0.6) is 0 Å². The smallest absolute Gasteiger partial charge is 0.248 e. The van der Waals surface area contributed by atoms with Crippen LogP contribution in [0.1, 0.15) is 41.7 Å². The zero-order valence-corrected chi connectivity index (χ0v) is 23.1. The normalized spacial score (nSPS) is 24.3. The Labute approximate surface area is 228 Å². The lowest BCUT2D eigenvalue weighted by Crippen LogP contribution is -2.53. The van der Waals surface area contributed by atoms with Gasteiger partial charge in [-0.05, 0) is 36.6 Å². The van der Waals surface area contributed by atoms with E-state index in [0.717, 1.165) is 12.1 Å². The third kappa shape index (κ3) is 6.33. The van der Waals surface area contributed by atoms with Crippen LogP contribution >= 0.6 is 0 Å². The number of likely N-dealkylation sites (N-methyl/N-ethyl adjacent to an activating group) is 1. The molecule has 2 aliphatic heterocycles. The molecule has 3 atom stereocenters. The molecule has 2 aliphatic rings. The Morgan fingerprint density at radius 2 is 1.87 bits per heavy atom. The topological polar surface area (TPSA) is 105 Å². The van der Waals surface area contributed by atoms with Crippen molar-refractivity contribution in [2.45, 2.75) is 48.3 Å². The Morgan fingerprint density at radius 1 is 1.18 bits per heavy atom. The highest BCUT2D eigenvalue weighted by atomic mass is 32.2. The first-order valence-electron chi connectivity index (χ1n) is 13.1. The van der Waals surface area contributed by atoms with Crippen LogP contribution in [0.2, 0.25) is 0 Å². The first-order valence-corrected chi connectivity index (χ1v) is 14.8. The number of rotatable bonds is 9. The van der Waals surface area contributed by atoms with Gasteiger partial charge < -0.3 is 24.8 Å². The van der Waals surface area contributed by atoms with Gasteiger partial charge in [-0.1, -0.05) is 30.3 Å². The highest BCUT2D eigenvalue weighted by Crippen LogP contribution is 2.39. The fraction of sp³-hybridized carbons (Fsp3) is 0.536. The third-order valence-corrected chi connectivity index (χ3v) is 10.5. The first kappa shape index (κ1) is 29.5. The monoisotopic (exact) mass is 566 g/mol. The van der Waals surface area contributed by atoms with E-state index < -0.39 is 49.5 Å². The molecule has 11 heteroatoms. The van der Waals surface area contributed by atoms with E-state index in [-0.39, 0.29) is 69.9 Å². The number of carbonyl (C=O) groups is 1. The van der Waals surface area contributed by atoms with Crippen molar-refractivity contribution in [1.82, 2.24) is 10.2 Å². The van der Waals surface area contributed by atoms with Gasteiger partial charge in [0.05, 0.1) is 17.1 Å². The average Bonchev–Trinajstić information content (AvgIpc) is 2.92. The first-order chi connectivity index (χ1) is 18.6. The Morgan fingerprint density at radius 3 is 2.54 bits per heavy atom. The Bertz CT molecular complexity index is 1250. The maximum atomic E-state index is 15.7. The Kier molecular flexibility index (Phi) is 9.38. The van der Waals surface area contributed by atoms with Crippen LogP contribution in [0.4, 0.5) is 8.78 Å². The SMILES string of the molecule is C[C@@H]1NC[C@@H](c2ccccc2)S(=O)(=O)C1Cc1cc(F)c(C2(OCC(=O)N(C)CCO)CCOCC2)cc1F. The number of nitrogens with zero attached hydrogens (tertiary/aromatic N) is 1. The summed E-state index contributed by atoms with van der Waals surface area (Å²) in [6.45, 7) is 2.01. The maximum absolute atomic E-state index is 15.7. The highest BCUT2D eigenvalue weighted by Gasteiger charge is 2.44. The van der Waals surface area contributed by atoms with E-state index in [1.807, 2.05) is 6.07 Å². The number of sulfone groups is 1. The molecule has 1 amide bonds. The van der Waals surface area contributed by atoms with Crippen molar-refractivity contribution in [3.63, 3.8) is 0 Å². The van der Waals surface area contributed by atoms with Crippen molar-refractivity contribution in [2.75, 3.05) is 46.6 Å². The lowest BCUT2D eigenvalue weighted by atomic mass is 9.84. The number of halogens is 2. The van der Waals surface area contributed by atoms with Crippen LogP contribution in [0.3, 0.4) is 0 Å². The number of nitrogens with one attached hydrogen (secondary N) is 1. The minimum Gasteiger partial charge on any atom is -0.395 e. The summed E-state index contributed by atoms with van der Waals surface area (Å²) >= 11 is 0. The molecule has 2 heterocycles. The van der Waals surface area contributed by atoms with Crippen LogP contribution in [0, 0.1) is 11.6 Å². The lowest BCUT2D eigenvalue weighted by molar-refractivity contribution is -0.154. The second-order valence-electron chi connectivity index (χ2n) is 10.3. The number of hydrogen-bond donors (Lipinski definition) is 2. The van der Waals surface area contributed by atoms with Crippen LogP contribution in [0.15, 0.2) is 42.5 Å². The van der Waals surface area contributed by atoms with Crippen LogP contribution < -0.4 is 5.32 Å². The number of aliphatic hydroxyl groups is 1. The molecule has 8 nitrogen and oxygen atoms in total. The van der Waals surface area contributed by atoms with Crippen molar-refractivity contribution in [3.8, 4) is 0 Å². The standard InChI is InChI=1S/C28H36F2N2O6S/c1-19-25(39(35,36)26(17-31-19)20-6-4-3-5-7-20)15-21-14-24(30)22(16-23(21)29)28(8-12-37-13-9-28)38-18-27(34)32(2)10-11-33/h3-7,14,16,19,25-26,31,33H,8-13,15,17-18H2,1-2H3/t19-,25?,26-/m0/s1. The summed E-state index contributed by atoms with van der Waals surface area (Å²) in [6, 6.07) is 10.5. The van der Waals surface area contributed by atoms with E-state index in [0.29, 0.717) is 5.56 Å². The van der Waals surface area contributed by atoms with Gasteiger partial charge >= 0.3 is 0 Å². The van der Waals surface area contributed by atoms with E-state index in [4.69, 9.17) is 14.6 Å². The van der Waals surface area contributed by atoms with E-state index in [1.54, 1.807) is 31.2 Å². The number of carbonyl (C=O) groups excluding carboxylic acids is 1. The summed E-state index contributed by atoms with van der Waals surface area (Å²) in [6.07, 6.45) is 0.247. The summed E-state index contributed by atoms with van der Waals surface area (Å²) in [7, 11) is -2.20. The van der Waals surface area contributed by atoms with Gasteiger partial charge in [0, 0.05) is 57.8 Å².